The van der Waals surface area contributed by atoms with Gasteiger partial charge in [-0.15, -0.1) is 11.3 Å². The summed E-state index contributed by atoms with van der Waals surface area (Å²) < 4.78 is 5.20. The average molecular weight is 279 g/mol. The molecule has 1 aliphatic heterocycles. The zero-order chi connectivity index (χ0) is 13.2. The fraction of sp³-hybridized carbons (Fsp3) is 0.417. The predicted octanol–water partition coefficient (Wildman–Crippen LogP) is 1.70. The number of likely N-dealkylation sites (tertiary alicyclic amines) is 1. The van der Waals surface area contributed by atoms with Crippen LogP contribution < -0.4 is 0 Å². The standard InChI is InChI=1S/C12H13N3O3S/c16-11(17)4-8-5-15(6-8)7-10-13-12(14-18-10)9-2-1-3-19-9/h1-3,8H,4-7H2,(H,16,17). The van der Waals surface area contributed by atoms with E-state index in [1.807, 2.05) is 17.5 Å². The lowest BCUT2D eigenvalue weighted by molar-refractivity contribution is -0.139. The zero-order valence-corrected chi connectivity index (χ0v) is 11.0. The molecule has 0 aromatic carbocycles. The molecule has 19 heavy (non-hydrogen) atoms. The summed E-state index contributed by atoms with van der Waals surface area (Å²) in [6.45, 7) is 2.15. The van der Waals surface area contributed by atoms with Gasteiger partial charge in [-0.2, -0.15) is 4.98 Å². The molecule has 3 rings (SSSR count). The summed E-state index contributed by atoms with van der Waals surface area (Å²) in [4.78, 5) is 18.0. The maximum absolute atomic E-state index is 10.5. The van der Waals surface area contributed by atoms with Crippen LogP contribution >= 0.6 is 11.3 Å². The molecule has 0 aliphatic carbocycles. The number of thiophene rings is 1. The van der Waals surface area contributed by atoms with E-state index in [-0.39, 0.29) is 12.3 Å². The van der Waals surface area contributed by atoms with E-state index in [1.165, 1.54) is 0 Å². The van der Waals surface area contributed by atoms with Crippen molar-refractivity contribution in [3.63, 3.8) is 0 Å². The van der Waals surface area contributed by atoms with Crippen LogP contribution in [0.25, 0.3) is 10.7 Å². The second kappa shape index (κ2) is 5.10. The molecule has 0 spiro atoms. The fourth-order valence-corrected chi connectivity index (χ4v) is 2.85. The minimum Gasteiger partial charge on any atom is -0.481 e. The van der Waals surface area contributed by atoms with Crippen molar-refractivity contribution >= 4 is 17.3 Å². The molecule has 1 fully saturated rings. The Morgan fingerprint density at radius 3 is 3.11 bits per heavy atom. The second-order valence-corrected chi connectivity index (χ2v) is 5.59. The summed E-state index contributed by atoms with van der Waals surface area (Å²) in [5, 5.41) is 14.6. The first-order chi connectivity index (χ1) is 9.20. The third-order valence-corrected chi connectivity index (χ3v) is 3.93. The molecule has 2 aromatic heterocycles. The SMILES string of the molecule is O=C(O)CC1CN(Cc2nc(-c3cccs3)no2)C1. The normalized spacial score (nSPS) is 16.4. The first-order valence-electron chi connectivity index (χ1n) is 6.01. The first-order valence-corrected chi connectivity index (χ1v) is 6.89. The molecule has 0 atom stereocenters. The second-order valence-electron chi connectivity index (χ2n) is 4.65. The highest BCUT2D eigenvalue weighted by Gasteiger charge is 2.29. The van der Waals surface area contributed by atoms with E-state index in [0.717, 1.165) is 18.0 Å². The van der Waals surface area contributed by atoms with Crippen LogP contribution in [0.3, 0.4) is 0 Å². The highest BCUT2D eigenvalue weighted by molar-refractivity contribution is 7.13. The number of carboxylic acids is 1. The number of hydrogen-bond donors (Lipinski definition) is 1. The van der Waals surface area contributed by atoms with Crippen molar-refractivity contribution in [1.29, 1.82) is 0 Å². The number of carboxylic acid groups (broad SMARTS) is 1. The van der Waals surface area contributed by atoms with Crippen LogP contribution in [0.5, 0.6) is 0 Å². The highest BCUT2D eigenvalue weighted by atomic mass is 32.1. The molecule has 2 aromatic rings. The van der Waals surface area contributed by atoms with E-state index < -0.39 is 5.97 Å². The summed E-state index contributed by atoms with van der Waals surface area (Å²) in [5.74, 6) is 0.712. The van der Waals surface area contributed by atoms with Crippen molar-refractivity contribution in [2.75, 3.05) is 13.1 Å². The van der Waals surface area contributed by atoms with Crippen LogP contribution in [0.1, 0.15) is 12.3 Å². The van der Waals surface area contributed by atoms with E-state index in [0.29, 0.717) is 18.3 Å². The maximum atomic E-state index is 10.5. The molecule has 3 heterocycles. The number of aliphatic carboxylic acids is 1. The Hall–Kier alpha value is -1.73. The molecule has 6 nitrogen and oxygen atoms in total. The van der Waals surface area contributed by atoms with Gasteiger partial charge in [0.2, 0.25) is 11.7 Å². The molecule has 1 N–H and O–H groups in total. The smallest absolute Gasteiger partial charge is 0.303 e. The van der Waals surface area contributed by atoms with Gasteiger partial charge in [0.15, 0.2) is 0 Å². The Kier molecular flexibility index (Phi) is 3.31. The lowest BCUT2D eigenvalue weighted by Gasteiger charge is -2.37. The van der Waals surface area contributed by atoms with E-state index in [4.69, 9.17) is 9.63 Å². The van der Waals surface area contributed by atoms with Crippen LogP contribution in [-0.2, 0) is 11.3 Å². The van der Waals surface area contributed by atoms with Crippen molar-refractivity contribution in [2.24, 2.45) is 5.92 Å². The van der Waals surface area contributed by atoms with Crippen molar-refractivity contribution in [3.8, 4) is 10.7 Å². The van der Waals surface area contributed by atoms with Gasteiger partial charge in [0.1, 0.15) is 0 Å². The third-order valence-electron chi connectivity index (χ3n) is 3.06. The van der Waals surface area contributed by atoms with Gasteiger partial charge in [-0.05, 0) is 17.4 Å². The molecule has 100 valence electrons. The van der Waals surface area contributed by atoms with Gasteiger partial charge in [-0.1, -0.05) is 11.2 Å². The number of aromatic nitrogens is 2. The Bertz CT molecular complexity index is 561. The van der Waals surface area contributed by atoms with Gasteiger partial charge in [0, 0.05) is 13.1 Å². The van der Waals surface area contributed by atoms with Gasteiger partial charge in [0.05, 0.1) is 17.8 Å². The fourth-order valence-electron chi connectivity index (χ4n) is 2.20. The molecule has 0 unspecified atom stereocenters. The highest BCUT2D eigenvalue weighted by Crippen LogP contribution is 2.24. The van der Waals surface area contributed by atoms with Crippen LogP contribution in [0.15, 0.2) is 22.0 Å². The summed E-state index contributed by atoms with van der Waals surface area (Å²) in [5.41, 5.74) is 0. The van der Waals surface area contributed by atoms with E-state index in [2.05, 4.69) is 15.0 Å². The Labute approximate surface area is 113 Å². The molecule has 1 saturated heterocycles. The van der Waals surface area contributed by atoms with E-state index in [9.17, 15) is 4.79 Å². The van der Waals surface area contributed by atoms with Crippen molar-refractivity contribution in [2.45, 2.75) is 13.0 Å². The van der Waals surface area contributed by atoms with Crippen molar-refractivity contribution in [3.05, 3.63) is 23.4 Å². The van der Waals surface area contributed by atoms with Gasteiger partial charge < -0.3 is 9.63 Å². The summed E-state index contributed by atoms with van der Waals surface area (Å²) >= 11 is 1.57. The topological polar surface area (TPSA) is 79.5 Å². The molecule has 0 saturated carbocycles. The Balaban J connectivity index is 1.53. The van der Waals surface area contributed by atoms with Crippen LogP contribution in [0, 0.1) is 5.92 Å². The summed E-state index contributed by atoms with van der Waals surface area (Å²) in [6.07, 6.45) is 0.237. The van der Waals surface area contributed by atoms with E-state index in [1.54, 1.807) is 11.3 Å². The molecule has 7 heteroatoms. The predicted molar refractivity (Wildman–Crippen MR) is 68.6 cm³/mol. The number of nitrogens with zero attached hydrogens (tertiary/aromatic N) is 3. The summed E-state index contributed by atoms with van der Waals surface area (Å²) in [7, 11) is 0. The molecule has 0 radical (unpaired) electrons. The average Bonchev–Trinajstić information content (AvgIpc) is 2.95. The van der Waals surface area contributed by atoms with Crippen molar-refractivity contribution in [1.82, 2.24) is 15.0 Å². The lowest BCUT2D eigenvalue weighted by atomic mass is 9.97. The van der Waals surface area contributed by atoms with Gasteiger partial charge in [-0.3, -0.25) is 9.69 Å². The maximum Gasteiger partial charge on any atom is 0.303 e. The third kappa shape index (κ3) is 2.82. The van der Waals surface area contributed by atoms with Gasteiger partial charge in [0.25, 0.3) is 0 Å². The van der Waals surface area contributed by atoms with Gasteiger partial charge >= 0.3 is 5.97 Å². The lowest BCUT2D eigenvalue weighted by Crippen LogP contribution is -2.46. The molecular formula is C12H13N3O3S. The van der Waals surface area contributed by atoms with E-state index >= 15 is 0 Å². The zero-order valence-electron chi connectivity index (χ0n) is 10.2. The molecular weight excluding hydrogens is 266 g/mol. The molecule has 0 amide bonds. The minimum atomic E-state index is -0.734. The largest absolute Gasteiger partial charge is 0.481 e. The Morgan fingerprint density at radius 1 is 1.58 bits per heavy atom. The van der Waals surface area contributed by atoms with Crippen molar-refractivity contribution < 1.29 is 14.4 Å². The quantitative estimate of drug-likeness (QED) is 0.897. The van der Waals surface area contributed by atoms with Crippen LogP contribution in [0.4, 0.5) is 0 Å². The number of rotatable bonds is 5. The number of carbonyl (C=O) groups is 1. The van der Waals surface area contributed by atoms with Crippen LogP contribution in [-0.4, -0.2) is 39.2 Å². The molecule has 1 aliphatic rings. The first kappa shape index (κ1) is 12.3. The monoisotopic (exact) mass is 279 g/mol. The van der Waals surface area contributed by atoms with Crippen LogP contribution in [0.2, 0.25) is 0 Å². The van der Waals surface area contributed by atoms with Gasteiger partial charge in [-0.25, -0.2) is 0 Å². The Morgan fingerprint density at radius 2 is 2.42 bits per heavy atom. The molecule has 0 bridgehead atoms. The minimum absolute atomic E-state index is 0.237. The number of hydrogen-bond acceptors (Lipinski definition) is 6. The summed E-state index contributed by atoms with van der Waals surface area (Å²) in [6, 6.07) is 3.90.